The number of ketones is 1. The minimum atomic E-state index is -0.327. The molecule has 2 aromatic heterocycles. The largest absolute Gasteiger partial charge is 0.437 e. The number of rotatable bonds is 3. The highest BCUT2D eigenvalue weighted by molar-refractivity contribution is 6.09. The third-order valence-corrected chi connectivity index (χ3v) is 3.61. The van der Waals surface area contributed by atoms with E-state index in [0.717, 1.165) is 16.6 Å². The molecule has 0 unspecified atom stereocenters. The summed E-state index contributed by atoms with van der Waals surface area (Å²) in [7, 11) is 0. The predicted molar refractivity (Wildman–Crippen MR) is 88.3 cm³/mol. The van der Waals surface area contributed by atoms with Crippen molar-refractivity contribution in [3.63, 3.8) is 0 Å². The van der Waals surface area contributed by atoms with Crippen LogP contribution in [-0.2, 0) is 9.53 Å². The van der Waals surface area contributed by atoms with Gasteiger partial charge in [0.25, 0.3) is 0 Å². The number of halogens is 1. The lowest BCUT2D eigenvalue weighted by molar-refractivity contribution is -0.112. The second-order valence-corrected chi connectivity index (χ2v) is 5.26. The van der Waals surface area contributed by atoms with Gasteiger partial charge in [0, 0.05) is 29.0 Å². The quantitative estimate of drug-likeness (QED) is 0.723. The van der Waals surface area contributed by atoms with Crippen molar-refractivity contribution in [1.82, 2.24) is 9.97 Å². The Morgan fingerprint density at radius 3 is 2.88 bits per heavy atom. The van der Waals surface area contributed by atoms with Crippen LogP contribution < -0.4 is 5.32 Å². The number of pyridine rings is 1. The Labute approximate surface area is 136 Å². The van der Waals surface area contributed by atoms with E-state index in [1.165, 1.54) is 18.2 Å². The molecule has 1 aromatic carbocycles. The molecule has 0 saturated heterocycles. The average Bonchev–Trinajstić information content (AvgIpc) is 3.14. The lowest BCUT2D eigenvalue weighted by atomic mass is 10.2. The number of hydrogen-bond acceptors (Lipinski definition) is 4. The topological polar surface area (TPSA) is 67.0 Å². The molecule has 24 heavy (non-hydrogen) atoms. The van der Waals surface area contributed by atoms with Crippen LogP contribution in [0.5, 0.6) is 0 Å². The summed E-state index contributed by atoms with van der Waals surface area (Å²) in [6.45, 7) is 0. The molecule has 0 spiro atoms. The van der Waals surface area contributed by atoms with Crippen molar-refractivity contribution in [3.8, 4) is 0 Å². The van der Waals surface area contributed by atoms with Crippen LogP contribution in [0.3, 0.4) is 0 Å². The van der Waals surface area contributed by atoms with Gasteiger partial charge in [0.2, 0.25) is 11.7 Å². The Hall–Kier alpha value is -3.41. The second kappa shape index (κ2) is 5.66. The van der Waals surface area contributed by atoms with Gasteiger partial charge < -0.3 is 15.0 Å². The Bertz CT molecular complexity index is 987. The summed E-state index contributed by atoms with van der Waals surface area (Å²) >= 11 is 0. The normalized spacial score (nSPS) is 15.6. The number of allylic oxidation sites excluding steroid dienone is 1. The molecule has 0 aliphatic carbocycles. The highest BCUT2D eigenvalue weighted by Gasteiger charge is 2.21. The van der Waals surface area contributed by atoms with Gasteiger partial charge >= 0.3 is 0 Å². The highest BCUT2D eigenvalue weighted by Crippen LogP contribution is 2.25. The SMILES string of the molecule is O=C1C=C(Nc2ccc(F)cc2)OC1=Cc1c[nH]c2ncccc12. The van der Waals surface area contributed by atoms with Crippen LogP contribution in [0.1, 0.15) is 5.56 Å². The van der Waals surface area contributed by atoms with Gasteiger partial charge in [0.15, 0.2) is 5.76 Å². The number of carbonyl (C=O) groups is 1. The maximum absolute atomic E-state index is 12.9. The molecule has 6 heteroatoms. The lowest BCUT2D eigenvalue weighted by Crippen LogP contribution is -1.99. The molecule has 0 fully saturated rings. The van der Waals surface area contributed by atoms with Gasteiger partial charge in [0.05, 0.1) is 6.08 Å². The van der Waals surface area contributed by atoms with Crippen LogP contribution in [0.4, 0.5) is 10.1 Å². The Morgan fingerprint density at radius 1 is 1.21 bits per heavy atom. The predicted octanol–water partition coefficient (Wildman–Crippen LogP) is 3.60. The molecule has 3 aromatic rings. The number of nitrogens with one attached hydrogen (secondary N) is 2. The van der Waals surface area contributed by atoms with Crippen molar-refractivity contribution in [3.05, 3.63) is 77.9 Å². The zero-order valence-electron chi connectivity index (χ0n) is 12.4. The third kappa shape index (κ3) is 2.65. The maximum Gasteiger partial charge on any atom is 0.226 e. The number of aromatic nitrogens is 2. The summed E-state index contributed by atoms with van der Waals surface area (Å²) in [6, 6.07) is 9.53. The molecule has 0 saturated carbocycles. The number of H-pyrrole nitrogens is 1. The Kier molecular flexibility index (Phi) is 3.35. The van der Waals surface area contributed by atoms with E-state index in [1.807, 2.05) is 12.1 Å². The van der Waals surface area contributed by atoms with Crippen molar-refractivity contribution < 1.29 is 13.9 Å². The first-order valence-electron chi connectivity index (χ1n) is 7.29. The molecule has 1 aliphatic heterocycles. The van der Waals surface area contributed by atoms with Crippen molar-refractivity contribution in [2.75, 3.05) is 5.32 Å². The summed E-state index contributed by atoms with van der Waals surface area (Å²) in [6.07, 6.45) is 6.49. The third-order valence-electron chi connectivity index (χ3n) is 3.61. The number of fused-ring (bicyclic) bond motifs is 1. The molecule has 4 rings (SSSR count). The van der Waals surface area contributed by atoms with E-state index in [-0.39, 0.29) is 17.4 Å². The second-order valence-electron chi connectivity index (χ2n) is 5.26. The molecule has 3 heterocycles. The molecule has 0 atom stereocenters. The van der Waals surface area contributed by atoms with E-state index >= 15 is 0 Å². The van der Waals surface area contributed by atoms with Crippen LogP contribution in [0.15, 0.2) is 66.5 Å². The van der Waals surface area contributed by atoms with Gasteiger partial charge in [-0.15, -0.1) is 0 Å². The molecule has 1 aliphatic rings. The van der Waals surface area contributed by atoms with Crippen LogP contribution in [0, 0.1) is 5.82 Å². The summed E-state index contributed by atoms with van der Waals surface area (Å²) < 4.78 is 18.5. The summed E-state index contributed by atoms with van der Waals surface area (Å²) in [5, 5.41) is 3.84. The molecule has 0 amide bonds. The van der Waals surface area contributed by atoms with Crippen LogP contribution in [0.25, 0.3) is 17.1 Å². The number of hydrogen-bond donors (Lipinski definition) is 2. The monoisotopic (exact) mass is 321 g/mol. The zero-order valence-corrected chi connectivity index (χ0v) is 12.4. The first-order valence-corrected chi connectivity index (χ1v) is 7.29. The van der Waals surface area contributed by atoms with Gasteiger partial charge in [0.1, 0.15) is 11.5 Å². The van der Waals surface area contributed by atoms with E-state index in [1.54, 1.807) is 30.6 Å². The lowest BCUT2D eigenvalue weighted by Gasteiger charge is -2.07. The molecule has 2 N–H and O–H groups in total. The standard InChI is InChI=1S/C18H12FN3O2/c19-12-3-5-13(6-4-12)22-17-9-15(23)16(24-17)8-11-10-21-18-14(11)2-1-7-20-18/h1-10,22H,(H,20,21). The van der Waals surface area contributed by atoms with E-state index in [4.69, 9.17) is 4.74 Å². The minimum Gasteiger partial charge on any atom is -0.437 e. The van der Waals surface area contributed by atoms with E-state index in [0.29, 0.717) is 11.6 Å². The number of ether oxygens (including phenoxy) is 1. The van der Waals surface area contributed by atoms with E-state index in [2.05, 4.69) is 15.3 Å². The number of nitrogens with zero attached hydrogens (tertiary/aromatic N) is 1. The first kappa shape index (κ1) is 14.2. The van der Waals surface area contributed by atoms with Gasteiger partial charge in [-0.1, -0.05) is 0 Å². The van der Waals surface area contributed by atoms with Crippen molar-refractivity contribution >= 4 is 28.6 Å². The van der Waals surface area contributed by atoms with Gasteiger partial charge in [-0.25, -0.2) is 9.37 Å². The molecule has 0 bridgehead atoms. The Balaban J connectivity index is 1.56. The van der Waals surface area contributed by atoms with Crippen molar-refractivity contribution in [2.45, 2.75) is 0 Å². The van der Waals surface area contributed by atoms with Crippen molar-refractivity contribution in [2.24, 2.45) is 0 Å². The Morgan fingerprint density at radius 2 is 2.04 bits per heavy atom. The fourth-order valence-electron chi connectivity index (χ4n) is 2.46. The summed E-state index contributed by atoms with van der Waals surface area (Å²) in [4.78, 5) is 19.3. The number of aromatic amines is 1. The molecule has 118 valence electrons. The molecule has 0 radical (unpaired) electrons. The van der Waals surface area contributed by atoms with Gasteiger partial charge in [-0.05, 0) is 42.5 Å². The number of anilines is 1. The van der Waals surface area contributed by atoms with Gasteiger partial charge in [-0.3, -0.25) is 4.79 Å². The van der Waals surface area contributed by atoms with Gasteiger partial charge in [-0.2, -0.15) is 0 Å². The summed E-state index contributed by atoms with van der Waals surface area (Å²) in [5.41, 5.74) is 2.19. The van der Waals surface area contributed by atoms with Crippen LogP contribution >= 0.6 is 0 Å². The van der Waals surface area contributed by atoms with Crippen LogP contribution in [-0.4, -0.2) is 15.8 Å². The number of benzene rings is 1. The first-order chi connectivity index (χ1) is 11.7. The van der Waals surface area contributed by atoms with E-state index in [9.17, 15) is 9.18 Å². The fraction of sp³-hybridized carbons (Fsp3) is 0. The molecular weight excluding hydrogens is 309 g/mol. The van der Waals surface area contributed by atoms with E-state index < -0.39 is 0 Å². The molecule has 5 nitrogen and oxygen atoms in total. The van der Waals surface area contributed by atoms with Crippen molar-refractivity contribution in [1.29, 1.82) is 0 Å². The highest BCUT2D eigenvalue weighted by atomic mass is 19.1. The maximum atomic E-state index is 12.9. The fourth-order valence-corrected chi connectivity index (χ4v) is 2.46. The zero-order chi connectivity index (χ0) is 16.5. The smallest absolute Gasteiger partial charge is 0.226 e. The molecular formula is C18H12FN3O2. The average molecular weight is 321 g/mol. The summed E-state index contributed by atoms with van der Waals surface area (Å²) in [5.74, 6) is -0.0514. The number of carbonyl (C=O) groups excluding carboxylic acids is 1. The minimum absolute atomic E-state index is 0.212. The van der Waals surface area contributed by atoms with Crippen LogP contribution in [0.2, 0.25) is 0 Å².